The van der Waals surface area contributed by atoms with Gasteiger partial charge in [0.25, 0.3) is 5.91 Å². The number of hydrogen-bond acceptors (Lipinski definition) is 6. The lowest BCUT2D eigenvalue weighted by molar-refractivity contribution is -0.129. The number of nitrogens with zero attached hydrogens (tertiary/aromatic N) is 3. The number of urea groups is 1. The average Bonchev–Trinajstić information content (AvgIpc) is 3.46. The standard InChI is InChI=1S/C20H31N5O4S/c1-13-14(2)30-19(21-13)22-18(27)16-8-5-10-25(16)20(28)24(12-17(26)23-29)11-9-15-6-3-4-7-15/h15-16,29H,3-12H2,1-2H3,(H,23,26)(H,21,22,27)/t16-/m0/s1. The monoisotopic (exact) mass is 437 g/mol. The maximum Gasteiger partial charge on any atom is 0.321 e. The molecule has 1 saturated carbocycles. The Bertz CT molecular complexity index is 758. The van der Waals surface area contributed by atoms with Gasteiger partial charge in [0.2, 0.25) is 5.91 Å². The summed E-state index contributed by atoms with van der Waals surface area (Å²) in [6.07, 6.45) is 6.84. The second-order valence-corrected chi connectivity index (χ2v) is 9.38. The van der Waals surface area contributed by atoms with Gasteiger partial charge in [-0.3, -0.25) is 14.8 Å². The van der Waals surface area contributed by atoms with Gasteiger partial charge in [0.05, 0.1) is 5.69 Å². The zero-order chi connectivity index (χ0) is 21.7. The second kappa shape index (κ2) is 10.2. The summed E-state index contributed by atoms with van der Waals surface area (Å²) in [6.45, 7) is 4.52. The Morgan fingerprint density at radius 1 is 1.20 bits per heavy atom. The Kier molecular flexibility index (Phi) is 7.65. The molecule has 30 heavy (non-hydrogen) atoms. The van der Waals surface area contributed by atoms with Crippen LogP contribution in [0.15, 0.2) is 0 Å². The molecule has 3 N–H and O–H groups in total. The maximum atomic E-state index is 13.2. The van der Waals surface area contributed by atoms with Gasteiger partial charge in [-0.05, 0) is 39.0 Å². The second-order valence-electron chi connectivity index (χ2n) is 8.18. The largest absolute Gasteiger partial charge is 0.321 e. The van der Waals surface area contributed by atoms with Crippen molar-refractivity contribution in [3.05, 3.63) is 10.6 Å². The van der Waals surface area contributed by atoms with Crippen LogP contribution in [0, 0.1) is 19.8 Å². The van der Waals surface area contributed by atoms with Gasteiger partial charge < -0.3 is 15.1 Å². The molecule has 1 aromatic heterocycles. The van der Waals surface area contributed by atoms with Gasteiger partial charge in [-0.1, -0.05) is 25.7 Å². The maximum absolute atomic E-state index is 13.2. The van der Waals surface area contributed by atoms with Crippen LogP contribution in [0.1, 0.15) is 55.5 Å². The van der Waals surface area contributed by atoms with Crippen LogP contribution >= 0.6 is 11.3 Å². The van der Waals surface area contributed by atoms with Crippen molar-refractivity contribution in [1.82, 2.24) is 20.3 Å². The van der Waals surface area contributed by atoms with Crippen molar-refractivity contribution in [1.29, 1.82) is 0 Å². The summed E-state index contributed by atoms with van der Waals surface area (Å²) < 4.78 is 0. The number of rotatable bonds is 7. The van der Waals surface area contributed by atoms with Gasteiger partial charge in [-0.2, -0.15) is 0 Å². The highest BCUT2D eigenvalue weighted by atomic mass is 32.1. The van der Waals surface area contributed by atoms with E-state index < -0.39 is 11.9 Å². The topological polar surface area (TPSA) is 115 Å². The van der Waals surface area contributed by atoms with Gasteiger partial charge in [0.15, 0.2) is 5.13 Å². The molecule has 3 rings (SSSR count). The molecule has 4 amide bonds. The summed E-state index contributed by atoms with van der Waals surface area (Å²) in [5.74, 6) is -0.327. The third kappa shape index (κ3) is 5.48. The van der Waals surface area contributed by atoms with E-state index in [1.54, 1.807) is 10.4 Å². The number of aromatic nitrogens is 1. The first-order valence-electron chi connectivity index (χ1n) is 10.6. The van der Waals surface area contributed by atoms with Crippen molar-refractivity contribution in [3.63, 3.8) is 0 Å². The first kappa shape index (κ1) is 22.5. The molecule has 2 aliphatic rings. The lowest BCUT2D eigenvalue weighted by atomic mass is 10.0. The van der Waals surface area contributed by atoms with Crippen LogP contribution in [0.4, 0.5) is 9.93 Å². The molecule has 1 aromatic rings. The van der Waals surface area contributed by atoms with Crippen molar-refractivity contribution >= 4 is 34.3 Å². The highest BCUT2D eigenvalue weighted by molar-refractivity contribution is 7.15. The number of nitrogens with one attached hydrogen (secondary N) is 2. The summed E-state index contributed by atoms with van der Waals surface area (Å²) in [5.41, 5.74) is 2.48. The molecule has 1 saturated heterocycles. The molecule has 0 bridgehead atoms. The van der Waals surface area contributed by atoms with Gasteiger partial charge in [-0.15, -0.1) is 11.3 Å². The third-order valence-electron chi connectivity index (χ3n) is 6.07. The zero-order valence-electron chi connectivity index (χ0n) is 17.6. The minimum atomic E-state index is -0.635. The fourth-order valence-electron chi connectivity index (χ4n) is 4.25. The minimum absolute atomic E-state index is 0.224. The van der Waals surface area contributed by atoms with Gasteiger partial charge in [0.1, 0.15) is 12.6 Å². The molecular formula is C20H31N5O4S. The molecule has 166 valence electrons. The molecule has 0 radical (unpaired) electrons. The zero-order valence-corrected chi connectivity index (χ0v) is 18.5. The average molecular weight is 438 g/mol. The Morgan fingerprint density at radius 3 is 2.57 bits per heavy atom. The van der Waals surface area contributed by atoms with Crippen molar-refractivity contribution < 1.29 is 19.6 Å². The number of likely N-dealkylation sites (tertiary alicyclic amines) is 1. The van der Waals surface area contributed by atoms with E-state index in [2.05, 4.69) is 10.3 Å². The Hall–Kier alpha value is -2.20. The van der Waals surface area contributed by atoms with Gasteiger partial charge in [-0.25, -0.2) is 15.3 Å². The number of thiazole rings is 1. The van der Waals surface area contributed by atoms with Gasteiger partial charge in [0, 0.05) is 18.0 Å². The Labute approximate surface area is 180 Å². The minimum Gasteiger partial charge on any atom is -0.315 e. The van der Waals surface area contributed by atoms with Gasteiger partial charge >= 0.3 is 6.03 Å². The van der Waals surface area contributed by atoms with Crippen LogP contribution in [0.3, 0.4) is 0 Å². The number of carbonyl (C=O) groups is 3. The summed E-state index contributed by atoms with van der Waals surface area (Å²) in [7, 11) is 0. The van der Waals surface area contributed by atoms with Crippen LogP contribution in [-0.4, -0.2) is 63.5 Å². The number of carbonyl (C=O) groups excluding carboxylic acids is 3. The SMILES string of the molecule is Cc1nc(NC(=O)[C@@H]2CCCN2C(=O)N(CCC2CCCC2)CC(=O)NO)sc1C. The summed E-state index contributed by atoms with van der Waals surface area (Å²) in [6, 6.07) is -0.922. The van der Waals surface area contributed by atoms with Crippen molar-refractivity contribution in [2.75, 3.05) is 25.0 Å². The number of amides is 4. The summed E-state index contributed by atoms with van der Waals surface area (Å²) in [5, 5.41) is 12.3. The fourth-order valence-corrected chi connectivity index (χ4v) is 5.07. The van der Waals surface area contributed by atoms with Crippen molar-refractivity contribution in [3.8, 4) is 0 Å². The highest BCUT2D eigenvalue weighted by Gasteiger charge is 2.37. The number of anilines is 1. The number of aryl methyl sites for hydroxylation is 2. The molecule has 10 heteroatoms. The molecule has 0 spiro atoms. The fraction of sp³-hybridized carbons (Fsp3) is 0.700. The highest BCUT2D eigenvalue weighted by Crippen LogP contribution is 2.28. The molecular weight excluding hydrogens is 406 g/mol. The Morgan fingerprint density at radius 2 is 1.93 bits per heavy atom. The van der Waals surface area contributed by atoms with Crippen molar-refractivity contribution in [2.45, 2.75) is 64.8 Å². The Balaban J connectivity index is 1.66. The molecule has 9 nitrogen and oxygen atoms in total. The van der Waals surface area contributed by atoms with Crippen LogP contribution < -0.4 is 10.8 Å². The molecule has 2 heterocycles. The van der Waals surface area contributed by atoms with E-state index in [0.717, 1.165) is 36.3 Å². The first-order valence-corrected chi connectivity index (χ1v) is 11.4. The number of hydroxylamine groups is 1. The predicted molar refractivity (Wildman–Crippen MR) is 113 cm³/mol. The van der Waals surface area contributed by atoms with Crippen LogP contribution in [0.25, 0.3) is 0 Å². The van der Waals surface area contributed by atoms with Crippen LogP contribution in [0.2, 0.25) is 0 Å². The van der Waals surface area contributed by atoms with Crippen molar-refractivity contribution in [2.24, 2.45) is 5.92 Å². The molecule has 0 unspecified atom stereocenters. The number of hydrogen-bond donors (Lipinski definition) is 3. The van der Waals surface area contributed by atoms with E-state index in [0.29, 0.717) is 30.6 Å². The summed E-state index contributed by atoms with van der Waals surface area (Å²) >= 11 is 1.41. The van der Waals surface area contributed by atoms with E-state index >= 15 is 0 Å². The molecule has 0 aromatic carbocycles. The molecule has 2 fully saturated rings. The lowest BCUT2D eigenvalue weighted by Gasteiger charge is -2.31. The smallest absolute Gasteiger partial charge is 0.315 e. The normalized spacial score (nSPS) is 19.2. The molecule has 1 aliphatic heterocycles. The van der Waals surface area contributed by atoms with Crippen LogP contribution in [-0.2, 0) is 9.59 Å². The van der Waals surface area contributed by atoms with Crippen LogP contribution in [0.5, 0.6) is 0 Å². The lowest BCUT2D eigenvalue weighted by Crippen LogP contribution is -2.51. The quantitative estimate of drug-likeness (QED) is 0.448. The van der Waals surface area contributed by atoms with E-state index in [4.69, 9.17) is 5.21 Å². The molecule has 1 aliphatic carbocycles. The first-order chi connectivity index (χ1) is 14.4. The van der Waals surface area contributed by atoms with E-state index in [1.807, 2.05) is 13.8 Å². The van der Waals surface area contributed by atoms with E-state index in [1.165, 1.54) is 29.1 Å². The summed E-state index contributed by atoms with van der Waals surface area (Å²) in [4.78, 5) is 46.2. The van der Waals surface area contributed by atoms with E-state index in [-0.39, 0.29) is 18.5 Å². The predicted octanol–water partition coefficient (Wildman–Crippen LogP) is 2.67. The molecule has 1 atom stereocenters. The third-order valence-corrected chi connectivity index (χ3v) is 7.06. The van der Waals surface area contributed by atoms with E-state index in [9.17, 15) is 14.4 Å².